The molecule has 0 radical (unpaired) electrons. The maximum absolute atomic E-state index is 13.7. The van der Waals surface area contributed by atoms with Gasteiger partial charge in [0.15, 0.2) is 0 Å². The Bertz CT molecular complexity index is 1260. The van der Waals surface area contributed by atoms with Gasteiger partial charge in [0.2, 0.25) is 5.91 Å². The number of carbonyl (C=O) groups excluding carboxylic acids is 3. The normalized spacial score (nSPS) is 19.8. The van der Waals surface area contributed by atoms with Crippen LogP contribution in [0.15, 0.2) is 84.9 Å². The molecule has 0 aromatic heterocycles. The number of amides is 4. The van der Waals surface area contributed by atoms with Gasteiger partial charge in [-0.25, -0.2) is 4.79 Å². The highest BCUT2D eigenvalue weighted by molar-refractivity contribution is 6.31. The van der Waals surface area contributed by atoms with Crippen LogP contribution in [0.3, 0.4) is 0 Å². The summed E-state index contributed by atoms with van der Waals surface area (Å²) >= 11 is 6.38. The first-order valence-corrected chi connectivity index (χ1v) is 12.1. The van der Waals surface area contributed by atoms with Crippen LogP contribution in [0.1, 0.15) is 22.7 Å². The molecule has 0 saturated carbocycles. The van der Waals surface area contributed by atoms with E-state index in [9.17, 15) is 14.4 Å². The van der Waals surface area contributed by atoms with Gasteiger partial charge in [-0.1, -0.05) is 90.5 Å². The van der Waals surface area contributed by atoms with Crippen molar-refractivity contribution in [2.45, 2.75) is 25.3 Å². The van der Waals surface area contributed by atoms with Crippen molar-refractivity contribution in [1.82, 2.24) is 25.6 Å². The van der Waals surface area contributed by atoms with Gasteiger partial charge in [-0.15, -0.1) is 0 Å². The van der Waals surface area contributed by atoms with Crippen LogP contribution < -0.4 is 10.7 Å². The summed E-state index contributed by atoms with van der Waals surface area (Å²) in [4.78, 5) is 42.8. The fraction of sp³-hybridized carbons (Fsp3) is 0.222. The van der Waals surface area contributed by atoms with E-state index in [0.29, 0.717) is 18.1 Å². The van der Waals surface area contributed by atoms with E-state index in [2.05, 4.69) is 10.7 Å². The van der Waals surface area contributed by atoms with Crippen molar-refractivity contribution in [3.8, 4) is 0 Å². The van der Waals surface area contributed by atoms with E-state index in [1.54, 1.807) is 20.9 Å². The minimum absolute atomic E-state index is 0.0278. The van der Waals surface area contributed by atoms with Gasteiger partial charge in [-0.3, -0.25) is 15.0 Å². The zero-order valence-electron chi connectivity index (χ0n) is 19.5. The van der Waals surface area contributed by atoms with Crippen molar-refractivity contribution in [3.05, 3.63) is 107 Å². The molecule has 3 aromatic carbocycles. The van der Waals surface area contributed by atoms with E-state index in [0.717, 1.165) is 16.7 Å². The Morgan fingerprint density at radius 3 is 2.31 bits per heavy atom. The van der Waals surface area contributed by atoms with Gasteiger partial charge in [-0.2, -0.15) is 5.01 Å². The fourth-order valence-electron chi connectivity index (χ4n) is 4.71. The first-order valence-electron chi connectivity index (χ1n) is 11.7. The number of rotatable bonds is 6. The second-order valence-corrected chi connectivity index (χ2v) is 9.22. The van der Waals surface area contributed by atoms with E-state index in [1.807, 2.05) is 78.9 Å². The van der Waals surface area contributed by atoms with Crippen LogP contribution in [0.2, 0.25) is 5.02 Å². The predicted molar refractivity (Wildman–Crippen MR) is 135 cm³/mol. The average Bonchev–Trinajstić information content (AvgIpc) is 3.19. The zero-order chi connectivity index (χ0) is 25.1. The monoisotopic (exact) mass is 503 g/mol. The number of halogens is 1. The summed E-state index contributed by atoms with van der Waals surface area (Å²) in [5.41, 5.74) is 5.32. The third-order valence-corrected chi connectivity index (χ3v) is 6.83. The maximum atomic E-state index is 13.7. The van der Waals surface area contributed by atoms with Gasteiger partial charge < -0.3 is 15.1 Å². The third kappa shape index (κ3) is 4.91. The Morgan fingerprint density at radius 1 is 0.917 bits per heavy atom. The Balaban J connectivity index is 1.38. The molecule has 2 atom stereocenters. The molecule has 184 valence electrons. The Kier molecular flexibility index (Phi) is 6.88. The summed E-state index contributed by atoms with van der Waals surface area (Å²) < 4.78 is 0. The first kappa shape index (κ1) is 23.8. The molecule has 2 N–H and O–H groups in total. The molecule has 0 aliphatic carbocycles. The summed E-state index contributed by atoms with van der Waals surface area (Å²) in [5, 5.41) is 5.00. The average molecular weight is 504 g/mol. The molecule has 0 bridgehead atoms. The SMILES string of the molecule is O=C(NCc1ccccc1)NN1CC(=O)N2[C@@H](c3ccccc3)C(=O)N(Cc3ccccc3Cl)C[C@H]12. The number of hydrogen-bond donors (Lipinski definition) is 2. The first-order chi connectivity index (χ1) is 17.5. The van der Waals surface area contributed by atoms with Crippen molar-refractivity contribution < 1.29 is 14.4 Å². The molecule has 2 saturated heterocycles. The van der Waals surface area contributed by atoms with Crippen LogP contribution in [-0.2, 0) is 22.7 Å². The lowest BCUT2D eigenvalue weighted by molar-refractivity contribution is -0.155. The molecule has 4 amide bonds. The molecule has 5 rings (SSSR count). The van der Waals surface area contributed by atoms with E-state index in [4.69, 9.17) is 11.6 Å². The van der Waals surface area contributed by atoms with Crippen LogP contribution in [0.4, 0.5) is 4.79 Å². The number of nitrogens with zero attached hydrogens (tertiary/aromatic N) is 3. The highest BCUT2D eigenvalue weighted by Gasteiger charge is 2.51. The van der Waals surface area contributed by atoms with Crippen LogP contribution in [-0.4, -0.2) is 51.9 Å². The number of nitrogens with one attached hydrogen (secondary N) is 2. The molecule has 9 heteroatoms. The van der Waals surface area contributed by atoms with Crippen LogP contribution >= 0.6 is 11.6 Å². The van der Waals surface area contributed by atoms with Gasteiger partial charge in [0, 0.05) is 18.1 Å². The van der Waals surface area contributed by atoms with E-state index < -0.39 is 18.2 Å². The molecule has 3 aromatic rings. The number of urea groups is 1. The predicted octanol–water partition coefficient (Wildman–Crippen LogP) is 3.31. The molecular formula is C27H26ClN5O3. The van der Waals surface area contributed by atoms with Crippen molar-refractivity contribution in [2.24, 2.45) is 0 Å². The molecule has 8 nitrogen and oxygen atoms in total. The molecule has 2 aliphatic rings. The number of carbonyl (C=O) groups is 3. The second-order valence-electron chi connectivity index (χ2n) is 8.81. The van der Waals surface area contributed by atoms with Gasteiger partial charge >= 0.3 is 6.03 Å². The minimum atomic E-state index is -0.792. The highest BCUT2D eigenvalue weighted by atomic mass is 35.5. The Labute approximate surface area is 214 Å². The number of benzene rings is 3. The number of fused-ring (bicyclic) bond motifs is 1. The fourth-order valence-corrected chi connectivity index (χ4v) is 4.90. The smallest absolute Gasteiger partial charge is 0.329 e. The molecule has 2 aliphatic heterocycles. The van der Waals surface area contributed by atoms with Crippen molar-refractivity contribution in [3.63, 3.8) is 0 Å². The second kappa shape index (κ2) is 10.4. The van der Waals surface area contributed by atoms with Crippen molar-refractivity contribution >= 4 is 29.4 Å². The zero-order valence-corrected chi connectivity index (χ0v) is 20.3. The summed E-state index contributed by atoms with van der Waals surface area (Å²) in [6.07, 6.45) is -0.523. The third-order valence-electron chi connectivity index (χ3n) is 6.46. The van der Waals surface area contributed by atoms with Crippen LogP contribution in [0.25, 0.3) is 0 Å². The van der Waals surface area contributed by atoms with Gasteiger partial charge in [0.05, 0.1) is 13.1 Å². The molecule has 2 fully saturated rings. The molecule has 0 unspecified atom stereocenters. The summed E-state index contributed by atoms with van der Waals surface area (Å²) in [7, 11) is 0. The standard InChI is InChI=1S/C27H26ClN5O3/c28-22-14-8-7-13-21(22)16-31-17-23-32(30-27(36)29-15-19-9-3-1-4-10-19)18-24(34)33(23)25(26(31)35)20-11-5-2-6-12-20/h1-14,23,25H,15-18H2,(H2,29,30,36)/t23-,25+/m1/s1. The quantitative estimate of drug-likeness (QED) is 0.540. The minimum Gasteiger partial charge on any atom is -0.333 e. The van der Waals surface area contributed by atoms with Gasteiger partial charge in [0.1, 0.15) is 12.2 Å². The lowest BCUT2D eigenvalue weighted by Crippen LogP contribution is -2.62. The lowest BCUT2D eigenvalue weighted by atomic mass is 10.00. The van der Waals surface area contributed by atoms with Crippen LogP contribution in [0, 0.1) is 0 Å². The summed E-state index contributed by atoms with van der Waals surface area (Å²) in [5.74, 6) is -0.399. The molecule has 0 spiro atoms. The Morgan fingerprint density at radius 2 is 1.58 bits per heavy atom. The van der Waals surface area contributed by atoms with Crippen molar-refractivity contribution in [2.75, 3.05) is 13.1 Å². The number of hydrazine groups is 1. The molecule has 2 heterocycles. The van der Waals surface area contributed by atoms with E-state index in [1.165, 1.54) is 0 Å². The lowest BCUT2D eigenvalue weighted by Gasteiger charge is -2.44. The topological polar surface area (TPSA) is 85.0 Å². The van der Waals surface area contributed by atoms with E-state index in [-0.39, 0.29) is 24.9 Å². The largest absolute Gasteiger partial charge is 0.333 e. The number of hydrogen-bond acceptors (Lipinski definition) is 4. The number of piperazine rings is 1. The van der Waals surface area contributed by atoms with Crippen LogP contribution in [0.5, 0.6) is 0 Å². The van der Waals surface area contributed by atoms with Gasteiger partial charge in [0.25, 0.3) is 5.91 Å². The Hall–Kier alpha value is -3.88. The van der Waals surface area contributed by atoms with Gasteiger partial charge in [-0.05, 0) is 22.8 Å². The molecular weight excluding hydrogens is 478 g/mol. The summed E-state index contributed by atoms with van der Waals surface area (Å²) in [6, 6.07) is 25.0. The summed E-state index contributed by atoms with van der Waals surface area (Å²) in [6.45, 7) is 0.860. The van der Waals surface area contributed by atoms with E-state index >= 15 is 0 Å². The highest BCUT2D eigenvalue weighted by Crippen LogP contribution is 2.35. The van der Waals surface area contributed by atoms with Crippen molar-refractivity contribution in [1.29, 1.82) is 0 Å². The maximum Gasteiger partial charge on any atom is 0.329 e. The molecule has 36 heavy (non-hydrogen) atoms.